The van der Waals surface area contributed by atoms with Gasteiger partial charge < -0.3 is 19.8 Å². The number of piperazine rings is 1. The van der Waals surface area contributed by atoms with Crippen molar-refractivity contribution in [2.75, 3.05) is 63.9 Å². The number of aliphatic hydroxyl groups is 1. The molecule has 2 N–H and O–H groups in total. The van der Waals surface area contributed by atoms with Crippen molar-refractivity contribution >= 4 is 29.2 Å². The van der Waals surface area contributed by atoms with E-state index in [1.54, 1.807) is 6.07 Å². The maximum atomic E-state index is 14.9. The number of nitrogens with one attached hydrogen (secondary N) is 1. The van der Waals surface area contributed by atoms with Crippen LogP contribution < -0.4 is 10.2 Å². The molecule has 1 unspecified atom stereocenters. The molecule has 4 aliphatic rings. The largest absolute Gasteiger partial charge is 0.395 e. The van der Waals surface area contributed by atoms with E-state index in [0.29, 0.717) is 18.5 Å². The van der Waals surface area contributed by atoms with Crippen LogP contribution in [0.4, 0.5) is 10.2 Å². The number of amides is 3. The van der Waals surface area contributed by atoms with Gasteiger partial charge in [-0.3, -0.25) is 24.6 Å². The molecule has 0 spiro atoms. The van der Waals surface area contributed by atoms with Crippen LogP contribution in [0.3, 0.4) is 0 Å². The Labute approximate surface area is 381 Å². The number of fused-ring (bicyclic) bond motifs is 2. The fraction of sp³-hybridized carbons (Fsp3) is 0.481. The standard InChI is InChI=1S/C52H63FN8O4/c1-36-49(40-13-9-7-10-14-40)50-54-45(34-48(61(50)56-36)59-28-26-58(27-29-59)30-31-62)39-17-15-37(16-18-39)12-8-5-3-2-4-6-11-23-57-24-21-38(22-25-57)42-32-41(53)33-43-44(42)35-60(52(43)65)46-19-20-47(63)55-51(46)64/h7,9-10,13-18,32-34,38,46,62H,2-6,8,11-12,19-31,35H2,1H3,(H,55,63,64). The lowest BCUT2D eigenvalue weighted by atomic mass is 9.85. The van der Waals surface area contributed by atoms with Crippen molar-refractivity contribution in [1.82, 2.24) is 34.6 Å². The summed E-state index contributed by atoms with van der Waals surface area (Å²) < 4.78 is 16.9. The maximum Gasteiger partial charge on any atom is 0.255 e. The smallest absolute Gasteiger partial charge is 0.255 e. The van der Waals surface area contributed by atoms with Gasteiger partial charge in [0, 0.05) is 68.4 Å². The summed E-state index contributed by atoms with van der Waals surface area (Å²) in [6, 6.07) is 23.8. The van der Waals surface area contributed by atoms with E-state index >= 15 is 0 Å². The van der Waals surface area contributed by atoms with Crippen LogP contribution in [-0.2, 0) is 22.6 Å². The van der Waals surface area contributed by atoms with Crippen LogP contribution in [-0.4, -0.2) is 117 Å². The number of carbonyl (C=O) groups is 3. The number of anilines is 1. The lowest BCUT2D eigenvalue weighted by Crippen LogP contribution is -2.52. The van der Waals surface area contributed by atoms with Crippen LogP contribution in [0.15, 0.2) is 72.8 Å². The zero-order valence-corrected chi connectivity index (χ0v) is 37.8. The van der Waals surface area contributed by atoms with Crippen molar-refractivity contribution in [3.8, 4) is 22.4 Å². The summed E-state index contributed by atoms with van der Waals surface area (Å²) in [4.78, 5) is 51.6. The molecule has 0 saturated carbocycles. The second-order valence-electron chi connectivity index (χ2n) is 18.6. The average Bonchev–Trinajstić information content (AvgIpc) is 3.83. The highest BCUT2D eigenvalue weighted by Gasteiger charge is 2.41. The molecule has 5 aromatic rings. The number of nitrogens with zero attached hydrogens (tertiary/aromatic N) is 7. The molecule has 12 nitrogen and oxygen atoms in total. The molecule has 3 fully saturated rings. The van der Waals surface area contributed by atoms with Crippen molar-refractivity contribution in [3.05, 3.63) is 107 Å². The second-order valence-corrected chi connectivity index (χ2v) is 18.6. The molecule has 65 heavy (non-hydrogen) atoms. The fourth-order valence-corrected chi connectivity index (χ4v) is 10.6. The number of β-amino-alcohol motifs (C(OH)–C–C–N with tert-alkyl or cyclic N) is 1. The Morgan fingerprint density at radius 2 is 1.48 bits per heavy atom. The Balaban J connectivity index is 0.711. The van der Waals surface area contributed by atoms with Crippen LogP contribution in [0.25, 0.3) is 28.0 Å². The molecule has 3 aromatic carbocycles. The Bertz CT molecular complexity index is 2480. The Kier molecular flexibility index (Phi) is 14.0. The van der Waals surface area contributed by atoms with Crippen LogP contribution in [0.2, 0.25) is 0 Å². The van der Waals surface area contributed by atoms with E-state index < -0.39 is 17.8 Å². The maximum absolute atomic E-state index is 14.9. The molecular formula is C52H63FN8O4. The Morgan fingerprint density at radius 3 is 2.20 bits per heavy atom. The van der Waals surface area contributed by atoms with Gasteiger partial charge in [-0.2, -0.15) is 9.61 Å². The topological polar surface area (TPSA) is 127 Å². The van der Waals surface area contributed by atoms with E-state index in [4.69, 9.17) is 10.1 Å². The lowest BCUT2D eigenvalue weighted by molar-refractivity contribution is -0.136. The molecule has 3 amide bonds. The van der Waals surface area contributed by atoms with Gasteiger partial charge in [-0.25, -0.2) is 9.37 Å². The summed E-state index contributed by atoms with van der Waals surface area (Å²) in [6.45, 7) is 9.76. The van der Waals surface area contributed by atoms with Crippen LogP contribution >= 0.6 is 0 Å². The van der Waals surface area contributed by atoms with Gasteiger partial charge in [0.15, 0.2) is 5.65 Å². The zero-order valence-electron chi connectivity index (χ0n) is 37.8. The molecule has 0 bridgehead atoms. The third-order valence-corrected chi connectivity index (χ3v) is 14.3. The van der Waals surface area contributed by atoms with Gasteiger partial charge >= 0.3 is 0 Å². The van der Waals surface area contributed by atoms with Gasteiger partial charge in [-0.05, 0) is 105 Å². The molecule has 2 aromatic heterocycles. The number of benzene rings is 3. The average molecular weight is 883 g/mol. The summed E-state index contributed by atoms with van der Waals surface area (Å²) in [7, 11) is 0. The SMILES string of the molecule is Cc1nn2c(N3CCN(CCO)CC3)cc(-c3ccc(CCCCCCCCCN4CCC(c5cc(F)cc6c5CN(C5CCC(=O)NC5=O)C6=O)CC4)cc3)nc2c1-c1ccccc1. The molecule has 3 saturated heterocycles. The van der Waals surface area contributed by atoms with Crippen LogP contribution in [0.5, 0.6) is 0 Å². The van der Waals surface area contributed by atoms with Gasteiger partial charge in [0.05, 0.1) is 18.0 Å². The number of imide groups is 1. The third-order valence-electron chi connectivity index (χ3n) is 14.3. The summed E-state index contributed by atoms with van der Waals surface area (Å²) in [5.41, 5.74) is 9.54. The van der Waals surface area contributed by atoms with Gasteiger partial charge in [0.25, 0.3) is 5.91 Å². The molecule has 9 rings (SSSR count). The molecule has 0 aliphatic carbocycles. The summed E-state index contributed by atoms with van der Waals surface area (Å²) in [6.07, 6.45) is 12.0. The number of hydrogen-bond donors (Lipinski definition) is 2. The van der Waals surface area contributed by atoms with Gasteiger partial charge in [-0.15, -0.1) is 0 Å². The molecule has 1 atom stereocenters. The fourth-order valence-electron chi connectivity index (χ4n) is 10.6. The number of piperidine rings is 2. The minimum Gasteiger partial charge on any atom is -0.395 e. The second kappa shape index (κ2) is 20.3. The highest BCUT2D eigenvalue weighted by atomic mass is 19.1. The Morgan fingerprint density at radius 1 is 0.769 bits per heavy atom. The van der Waals surface area contributed by atoms with Crippen LogP contribution in [0.1, 0.15) is 109 Å². The summed E-state index contributed by atoms with van der Waals surface area (Å²) in [5, 5.41) is 16.9. The number of unbranched alkanes of at least 4 members (excludes halogenated alkanes) is 6. The van der Waals surface area contributed by atoms with Crippen LogP contribution in [0, 0.1) is 12.7 Å². The summed E-state index contributed by atoms with van der Waals surface area (Å²) >= 11 is 0. The normalized spacial score (nSPS) is 18.8. The van der Waals surface area contributed by atoms with Crippen molar-refractivity contribution < 1.29 is 23.9 Å². The number of halogens is 1. The van der Waals surface area contributed by atoms with E-state index in [1.165, 1.54) is 61.5 Å². The van der Waals surface area contributed by atoms with E-state index in [2.05, 4.69) is 81.5 Å². The number of likely N-dealkylation sites (tertiary alicyclic amines) is 1. The van der Waals surface area contributed by atoms with Crippen molar-refractivity contribution in [1.29, 1.82) is 0 Å². The van der Waals surface area contributed by atoms with Crippen molar-refractivity contribution in [2.24, 2.45) is 0 Å². The number of aromatic nitrogens is 3. The molecule has 13 heteroatoms. The quantitative estimate of drug-likeness (QED) is 0.0720. The van der Waals surface area contributed by atoms with E-state index in [9.17, 15) is 23.9 Å². The minimum absolute atomic E-state index is 0.180. The monoisotopic (exact) mass is 882 g/mol. The van der Waals surface area contributed by atoms with E-state index in [1.807, 2.05) is 10.6 Å². The molecule has 342 valence electrons. The number of rotatable bonds is 17. The number of carbonyl (C=O) groups excluding carboxylic acids is 3. The molecular weight excluding hydrogens is 820 g/mol. The Hall–Kier alpha value is -5.50. The predicted octanol–water partition coefficient (Wildman–Crippen LogP) is 7.54. The first-order chi connectivity index (χ1) is 31.7. The molecule has 6 heterocycles. The first-order valence-corrected chi connectivity index (χ1v) is 24.1. The lowest BCUT2D eigenvalue weighted by Gasteiger charge is -2.35. The van der Waals surface area contributed by atoms with E-state index in [-0.39, 0.29) is 37.3 Å². The number of hydrogen-bond acceptors (Lipinski definition) is 9. The minimum atomic E-state index is -0.698. The highest BCUT2D eigenvalue weighted by molar-refractivity contribution is 6.05. The van der Waals surface area contributed by atoms with Gasteiger partial charge in [0.1, 0.15) is 17.7 Å². The van der Waals surface area contributed by atoms with Gasteiger partial charge in [-0.1, -0.05) is 86.7 Å². The van der Waals surface area contributed by atoms with E-state index in [0.717, 1.165) is 116 Å². The van der Waals surface area contributed by atoms with Gasteiger partial charge in [0.2, 0.25) is 11.8 Å². The number of aliphatic hydroxyl groups excluding tert-OH is 1. The predicted molar refractivity (Wildman–Crippen MR) is 251 cm³/mol. The van der Waals surface area contributed by atoms with Crippen molar-refractivity contribution in [2.45, 2.75) is 102 Å². The number of aryl methyl sites for hydroxylation is 2. The highest BCUT2D eigenvalue weighted by Crippen LogP contribution is 2.38. The first-order valence-electron chi connectivity index (χ1n) is 24.1. The third kappa shape index (κ3) is 10.0. The summed E-state index contributed by atoms with van der Waals surface area (Å²) in [5.74, 6) is -0.251. The van der Waals surface area contributed by atoms with Crippen molar-refractivity contribution in [3.63, 3.8) is 0 Å². The first kappa shape index (κ1) is 44.7. The molecule has 4 aliphatic heterocycles. The molecule has 0 radical (unpaired) electrons. The zero-order chi connectivity index (χ0) is 44.9.